The van der Waals surface area contributed by atoms with Crippen LogP contribution in [0.15, 0.2) is 72.8 Å². The smallest absolute Gasteiger partial charge is 0.0466 e. The molecule has 4 rings (SSSR count). The van der Waals surface area contributed by atoms with Crippen LogP contribution in [-0.2, 0) is 0 Å². The highest BCUT2D eigenvalue weighted by Gasteiger charge is 2.08. The number of nitrogens with zero attached hydrogens (tertiary/aromatic N) is 1. The maximum Gasteiger partial charge on any atom is 0.0466 e. The zero-order valence-electron chi connectivity index (χ0n) is 13.9. The molecule has 4 aromatic rings. The highest BCUT2D eigenvalue weighted by molar-refractivity contribution is 6.08. The Balaban J connectivity index is 0.000000753. The van der Waals surface area contributed by atoms with Crippen LogP contribution in [0.1, 0.15) is 13.8 Å². The fraction of sp³-hybridized carbons (Fsp3) is 0.143. The molecule has 0 radical (unpaired) electrons. The Labute approximate surface area is 137 Å². The minimum atomic E-state index is 1.18. The number of nitrogens with one attached hydrogen (secondary N) is 1. The quantitative estimate of drug-likeness (QED) is 0.473. The molecule has 1 N–H and O–H groups in total. The van der Waals surface area contributed by atoms with Gasteiger partial charge in [0.1, 0.15) is 0 Å². The topological polar surface area (TPSA) is 19.0 Å². The van der Waals surface area contributed by atoms with Crippen molar-refractivity contribution in [2.75, 3.05) is 11.9 Å². The third-order valence-electron chi connectivity index (χ3n) is 4.02. The fourth-order valence-electron chi connectivity index (χ4n) is 2.85. The van der Waals surface area contributed by atoms with Crippen molar-refractivity contribution in [3.8, 4) is 0 Å². The first-order valence-electron chi connectivity index (χ1n) is 8.12. The van der Waals surface area contributed by atoms with Crippen molar-refractivity contribution in [2.45, 2.75) is 13.8 Å². The number of hydrogen-bond donors (Lipinski definition) is 1. The Hall–Kier alpha value is -2.74. The molecule has 0 aliphatic rings. The van der Waals surface area contributed by atoms with Crippen LogP contribution in [0, 0.1) is 0 Å². The number of aromatic amines is 1. The van der Waals surface area contributed by atoms with Crippen LogP contribution in [0.5, 0.6) is 0 Å². The number of anilines is 2. The summed E-state index contributed by atoms with van der Waals surface area (Å²) in [5.41, 5.74) is 4.75. The lowest BCUT2D eigenvalue weighted by Crippen LogP contribution is -2.08. The van der Waals surface area contributed by atoms with Crippen molar-refractivity contribution in [1.82, 2.24) is 4.98 Å². The van der Waals surface area contributed by atoms with E-state index in [0.29, 0.717) is 0 Å². The lowest BCUT2D eigenvalue weighted by molar-refractivity contribution is 1.21. The highest BCUT2D eigenvalue weighted by Crippen LogP contribution is 2.31. The summed E-state index contributed by atoms with van der Waals surface area (Å²) in [5.74, 6) is 0. The molecule has 0 amide bonds. The van der Waals surface area contributed by atoms with E-state index in [1.807, 2.05) is 19.9 Å². The van der Waals surface area contributed by atoms with Crippen molar-refractivity contribution >= 4 is 33.2 Å². The molecule has 0 saturated heterocycles. The molecule has 116 valence electrons. The molecule has 0 aliphatic heterocycles. The van der Waals surface area contributed by atoms with E-state index in [9.17, 15) is 0 Å². The second-order valence-corrected chi connectivity index (χ2v) is 5.30. The summed E-state index contributed by atoms with van der Waals surface area (Å²) >= 11 is 0. The standard InChI is InChI=1S/C19H16N2.C2H6/c1-21(14-7-3-2-4-8-14)15-11-12-19-17(13-15)16-9-5-6-10-18(16)20-19;1-2/h2-13,20H,1H3;1-2H3. The Bertz CT molecular complexity index is 907. The van der Waals surface area contributed by atoms with Gasteiger partial charge in [0.2, 0.25) is 0 Å². The van der Waals surface area contributed by atoms with Gasteiger partial charge >= 0.3 is 0 Å². The first kappa shape index (κ1) is 15.2. The van der Waals surface area contributed by atoms with Gasteiger partial charge < -0.3 is 9.88 Å². The minimum Gasteiger partial charge on any atom is -0.355 e. The molecule has 0 fully saturated rings. The molecule has 0 bridgehead atoms. The van der Waals surface area contributed by atoms with Gasteiger partial charge in [-0.2, -0.15) is 0 Å². The Morgan fingerprint density at radius 2 is 1.30 bits per heavy atom. The van der Waals surface area contributed by atoms with Crippen LogP contribution < -0.4 is 4.90 Å². The molecule has 3 aromatic carbocycles. The van der Waals surface area contributed by atoms with Gasteiger partial charge in [0.05, 0.1) is 0 Å². The second kappa shape index (κ2) is 6.57. The zero-order chi connectivity index (χ0) is 16.2. The first-order chi connectivity index (χ1) is 11.3. The monoisotopic (exact) mass is 302 g/mol. The molecule has 0 spiro atoms. The summed E-state index contributed by atoms with van der Waals surface area (Å²) < 4.78 is 0. The van der Waals surface area contributed by atoms with Gasteiger partial charge in [0.15, 0.2) is 0 Å². The minimum absolute atomic E-state index is 1.18. The summed E-state index contributed by atoms with van der Waals surface area (Å²) in [6.45, 7) is 4.00. The largest absolute Gasteiger partial charge is 0.355 e. The van der Waals surface area contributed by atoms with Gasteiger partial charge in [-0.15, -0.1) is 0 Å². The molecular formula is C21H22N2. The molecule has 1 heterocycles. The van der Waals surface area contributed by atoms with Crippen molar-refractivity contribution in [1.29, 1.82) is 0 Å². The van der Waals surface area contributed by atoms with Gasteiger partial charge in [-0.1, -0.05) is 50.2 Å². The molecule has 0 atom stereocenters. The number of benzene rings is 3. The van der Waals surface area contributed by atoms with Gasteiger partial charge in [-0.05, 0) is 36.4 Å². The molecule has 0 saturated carbocycles. The van der Waals surface area contributed by atoms with Crippen LogP contribution in [0.2, 0.25) is 0 Å². The van der Waals surface area contributed by atoms with Crippen molar-refractivity contribution in [2.24, 2.45) is 0 Å². The fourth-order valence-corrected chi connectivity index (χ4v) is 2.85. The van der Waals surface area contributed by atoms with Gasteiger partial charge in [0.25, 0.3) is 0 Å². The maximum atomic E-state index is 3.47. The summed E-state index contributed by atoms with van der Waals surface area (Å²) in [5, 5.41) is 2.54. The van der Waals surface area contributed by atoms with Crippen LogP contribution in [0.3, 0.4) is 0 Å². The second-order valence-electron chi connectivity index (χ2n) is 5.30. The van der Waals surface area contributed by atoms with E-state index in [0.717, 1.165) is 0 Å². The van der Waals surface area contributed by atoms with Crippen LogP contribution in [0.25, 0.3) is 21.8 Å². The van der Waals surface area contributed by atoms with E-state index >= 15 is 0 Å². The zero-order valence-corrected chi connectivity index (χ0v) is 13.9. The van der Waals surface area contributed by atoms with Crippen LogP contribution in [0.4, 0.5) is 11.4 Å². The van der Waals surface area contributed by atoms with E-state index in [1.54, 1.807) is 0 Å². The number of para-hydroxylation sites is 2. The summed E-state index contributed by atoms with van der Waals surface area (Å²) in [6, 6.07) is 25.4. The average molecular weight is 302 g/mol. The van der Waals surface area contributed by atoms with Crippen molar-refractivity contribution in [3.05, 3.63) is 72.8 Å². The lowest BCUT2D eigenvalue weighted by Gasteiger charge is -2.19. The number of aromatic nitrogens is 1. The van der Waals surface area contributed by atoms with Crippen LogP contribution in [-0.4, -0.2) is 12.0 Å². The van der Waals surface area contributed by atoms with Crippen molar-refractivity contribution in [3.63, 3.8) is 0 Å². The van der Waals surface area contributed by atoms with E-state index < -0.39 is 0 Å². The third-order valence-corrected chi connectivity index (χ3v) is 4.02. The third kappa shape index (κ3) is 2.80. The van der Waals surface area contributed by atoms with E-state index in [1.165, 1.54) is 33.2 Å². The number of hydrogen-bond acceptors (Lipinski definition) is 1. The SMILES string of the molecule is CC.CN(c1ccccc1)c1ccc2[nH]c3ccccc3c2c1. The molecule has 2 nitrogen and oxygen atoms in total. The number of rotatable bonds is 2. The van der Waals surface area contributed by atoms with Crippen molar-refractivity contribution < 1.29 is 0 Å². The Morgan fingerprint density at radius 3 is 2.09 bits per heavy atom. The van der Waals surface area contributed by atoms with E-state index in [-0.39, 0.29) is 0 Å². The molecule has 2 heteroatoms. The summed E-state index contributed by atoms with van der Waals surface area (Å²) in [6.07, 6.45) is 0. The number of fused-ring (bicyclic) bond motifs is 3. The van der Waals surface area contributed by atoms with E-state index in [4.69, 9.17) is 0 Å². The lowest BCUT2D eigenvalue weighted by atomic mass is 10.1. The average Bonchev–Trinajstić information content (AvgIpc) is 3.01. The van der Waals surface area contributed by atoms with Gasteiger partial charge in [-0.25, -0.2) is 0 Å². The summed E-state index contributed by atoms with van der Waals surface area (Å²) in [4.78, 5) is 5.67. The highest BCUT2D eigenvalue weighted by atomic mass is 15.1. The summed E-state index contributed by atoms with van der Waals surface area (Å²) in [7, 11) is 2.10. The molecular weight excluding hydrogens is 280 g/mol. The van der Waals surface area contributed by atoms with Gasteiger partial charge in [-0.3, -0.25) is 0 Å². The molecule has 1 aromatic heterocycles. The molecule has 23 heavy (non-hydrogen) atoms. The first-order valence-corrected chi connectivity index (χ1v) is 8.12. The van der Waals surface area contributed by atoms with E-state index in [2.05, 4.69) is 83.7 Å². The number of H-pyrrole nitrogens is 1. The van der Waals surface area contributed by atoms with Crippen LogP contribution >= 0.6 is 0 Å². The predicted molar refractivity (Wildman–Crippen MR) is 102 cm³/mol. The Kier molecular flexibility index (Phi) is 4.33. The molecule has 0 unspecified atom stereocenters. The Morgan fingerprint density at radius 1 is 0.652 bits per heavy atom. The molecule has 0 aliphatic carbocycles. The maximum absolute atomic E-state index is 3.47. The van der Waals surface area contributed by atoms with Gasteiger partial charge in [0, 0.05) is 40.2 Å². The predicted octanol–water partition coefficient (Wildman–Crippen LogP) is 6.12. The normalized spacial score (nSPS) is 10.4.